The Hall–Kier alpha value is -3.02. The molecular formula is C19H23N3O3. The van der Waals surface area contributed by atoms with Gasteiger partial charge in [-0.2, -0.15) is 5.10 Å². The highest BCUT2D eigenvalue weighted by Crippen LogP contribution is 2.26. The molecule has 0 aliphatic carbocycles. The predicted octanol–water partition coefficient (Wildman–Crippen LogP) is 2.68. The molecule has 6 heteroatoms. The van der Waals surface area contributed by atoms with E-state index in [-0.39, 0.29) is 5.91 Å². The summed E-state index contributed by atoms with van der Waals surface area (Å²) in [6, 6.07) is 15.0. The maximum absolute atomic E-state index is 12.1. The van der Waals surface area contributed by atoms with Gasteiger partial charge >= 0.3 is 0 Å². The van der Waals surface area contributed by atoms with Crippen LogP contribution >= 0.6 is 0 Å². The maximum Gasteiger partial charge on any atom is 0.280 e. The number of carbonyl (C=O) groups excluding carboxylic acids is 1. The fraction of sp³-hybridized carbons (Fsp3) is 0.263. The number of rotatable bonds is 7. The number of benzene rings is 2. The molecule has 0 aliphatic heterocycles. The van der Waals surface area contributed by atoms with Gasteiger partial charge in [-0.15, -0.1) is 0 Å². The van der Waals surface area contributed by atoms with Crippen LogP contribution in [0.1, 0.15) is 12.5 Å². The third kappa shape index (κ3) is 5.24. The van der Waals surface area contributed by atoms with Gasteiger partial charge in [0.2, 0.25) is 0 Å². The van der Waals surface area contributed by atoms with Crippen molar-refractivity contribution in [3.63, 3.8) is 0 Å². The molecule has 1 unspecified atom stereocenters. The third-order valence-corrected chi connectivity index (χ3v) is 3.54. The van der Waals surface area contributed by atoms with E-state index in [0.717, 1.165) is 11.3 Å². The topological polar surface area (TPSA) is 63.2 Å². The fourth-order valence-electron chi connectivity index (χ4n) is 2.08. The molecule has 0 heterocycles. The molecule has 0 aliphatic rings. The molecule has 0 bridgehead atoms. The van der Waals surface area contributed by atoms with Gasteiger partial charge in [0.25, 0.3) is 5.91 Å². The lowest BCUT2D eigenvalue weighted by atomic mass is 10.2. The van der Waals surface area contributed by atoms with Crippen molar-refractivity contribution in [2.75, 3.05) is 26.1 Å². The molecule has 2 aromatic carbocycles. The number of hydrogen-bond acceptors (Lipinski definition) is 5. The van der Waals surface area contributed by atoms with E-state index >= 15 is 0 Å². The molecule has 6 nitrogen and oxygen atoms in total. The quantitative estimate of drug-likeness (QED) is 0.621. The summed E-state index contributed by atoms with van der Waals surface area (Å²) in [5.74, 6) is 0.745. The third-order valence-electron chi connectivity index (χ3n) is 3.54. The standard InChI is InChI=1S/C19H23N3O3/c1-14(25-18-8-6-5-7-17(18)24-4)19(23)21-20-13-15-9-11-16(12-10-15)22(2)3/h5-14H,1-4H3,(H,21,23)/b20-13+. The minimum Gasteiger partial charge on any atom is -0.493 e. The number of anilines is 1. The molecule has 0 aromatic heterocycles. The first kappa shape index (κ1) is 18.3. The Bertz CT molecular complexity index is 727. The van der Waals surface area contributed by atoms with Crippen molar-refractivity contribution in [3.8, 4) is 11.5 Å². The molecule has 0 saturated carbocycles. The largest absolute Gasteiger partial charge is 0.493 e. The molecular weight excluding hydrogens is 318 g/mol. The second-order valence-corrected chi connectivity index (χ2v) is 5.63. The van der Waals surface area contributed by atoms with Gasteiger partial charge in [0.1, 0.15) is 0 Å². The Labute approximate surface area is 148 Å². The molecule has 1 atom stereocenters. The molecule has 0 fully saturated rings. The molecule has 25 heavy (non-hydrogen) atoms. The van der Waals surface area contributed by atoms with Crippen molar-refractivity contribution < 1.29 is 14.3 Å². The first-order chi connectivity index (χ1) is 12.0. The van der Waals surface area contributed by atoms with E-state index in [1.165, 1.54) is 0 Å². The number of carbonyl (C=O) groups is 1. The zero-order valence-corrected chi connectivity index (χ0v) is 14.9. The van der Waals surface area contributed by atoms with Crippen LogP contribution in [0.5, 0.6) is 11.5 Å². The van der Waals surface area contributed by atoms with E-state index in [4.69, 9.17) is 9.47 Å². The molecule has 2 aromatic rings. The van der Waals surface area contributed by atoms with E-state index in [1.807, 2.05) is 55.4 Å². The summed E-state index contributed by atoms with van der Waals surface area (Å²) in [5, 5.41) is 3.97. The van der Waals surface area contributed by atoms with Gasteiger partial charge < -0.3 is 14.4 Å². The van der Waals surface area contributed by atoms with E-state index in [9.17, 15) is 4.79 Å². The highest BCUT2D eigenvalue weighted by molar-refractivity contribution is 5.84. The molecule has 0 spiro atoms. The Morgan fingerprint density at radius 3 is 2.36 bits per heavy atom. The van der Waals surface area contributed by atoms with Gasteiger partial charge in [-0.3, -0.25) is 4.79 Å². The van der Waals surface area contributed by atoms with Crippen LogP contribution in [0.3, 0.4) is 0 Å². The molecule has 132 valence electrons. The zero-order valence-electron chi connectivity index (χ0n) is 14.9. The number of nitrogens with one attached hydrogen (secondary N) is 1. The highest BCUT2D eigenvalue weighted by atomic mass is 16.5. The zero-order chi connectivity index (χ0) is 18.2. The van der Waals surface area contributed by atoms with E-state index in [2.05, 4.69) is 10.5 Å². The average Bonchev–Trinajstić information content (AvgIpc) is 2.62. The van der Waals surface area contributed by atoms with Crippen molar-refractivity contribution in [1.82, 2.24) is 5.43 Å². The van der Waals surface area contributed by atoms with E-state index in [0.29, 0.717) is 11.5 Å². The smallest absolute Gasteiger partial charge is 0.280 e. The summed E-state index contributed by atoms with van der Waals surface area (Å²) in [5.41, 5.74) is 4.47. The molecule has 2 rings (SSSR count). The number of methoxy groups -OCH3 is 1. The molecule has 1 N–H and O–H groups in total. The lowest BCUT2D eigenvalue weighted by Gasteiger charge is -2.15. The van der Waals surface area contributed by atoms with E-state index < -0.39 is 6.10 Å². The van der Waals surface area contributed by atoms with Gasteiger partial charge in [0, 0.05) is 19.8 Å². The Morgan fingerprint density at radius 1 is 1.12 bits per heavy atom. The van der Waals surface area contributed by atoms with E-state index in [1.54, 1.807) is 32.4 Å². The maximum atomic E-state index is 12.1. The van der Waals surface area contributed by atoms with Crippen LogP contribution in [-0.2, 0) is 4.79 Å². The number of ether oxygens (including phenoxy) is 2. The summed E-state index contributed by atoms with van der Waals surface area (Å²) in [6.45, 7) is 1.66. The first-order valence-electron chi connectivity index (χ1n) is 7.91. The van der Waals surface area contributed by atoms with Gasteiger partial charge in [0.15, 0.2) is 17.6 Å². The van der Waals surface area contributed by atoms with Crippen LogP contribution in [0.2, 0.25) is 0 Å². The monoisotopic (exact) mass is 341 g/mol. The normalized spacial score (nSPS) is 11.8. The van der Waals surface area contributed by atoms with Crippen molar-refractivity contribution in [2.45, 2.75) is 13.0 Å². The Morgan fingerprint density at radius 2 is 1.76 bits per heavy atom. The van der Waals surface area contributed by atoms with Crippen LogP contribution in [0.15, 0.2) is 53.6 Å². The number of para-hydroxylation sites is 2. The van der Waals surface area contributed by atoms with Crippen LogP contribution in [0.25, 0.3) is 0 Å². The second-order valence-electron chi connectivity index (χ2n) is 5.63. The number of hydrogen-bond donors (Lipinski definition) is 1. The van der Waals surface area contributed by atoms with Gasteiger partial charge in [-0.25, -0.2) is 5.43 Å². The Kier molecular flexibility index (Phi) is 6.39. The summed E-state index contributed by atoms with van der Waals surface area (Å²) in [7, 11) is 5.51. The van der Waals surface area contributed by atoms with Crippen molar-refractivity contribution in [3.05, 3.63) is 54.1 Å². The molecule has 0 radical (unpaired) electrons. The van der Waals surface area contributed by atoms with Crippen molar-refractivity contribution in [2.24, 2.45) is 5.10 Å². The van der Waals surface area contributed by atoms with Gasteiger partial charge in [-0.1, -0.05) is 24.3 Å². The van der Waals surface area contributed by atoms with Gasteiger partial charge in [-0.05, 0) is 36.8 Å². The van der Waals surface area contributed by atoms with Crippen LogP contribution in [0, 0.1) is 0 Å². The van der Waals surface area contributed by atoms with Crippen molar-refractivity contribution >= 4 is 17.8 Å². The minimum atomic E-state index is -0.704. The Balaban J connectivity index is 1.90. The number of hydrazone groups is 1. The highest BCUT2D eigenvalue weighted by Gasteiger charge is 2.15. The number of nitrogens with zero attached hydrogens (tertiary/aromatic N) is 2. The SMILES string of the molecule is COc1ccccc1OC(C)C(=O)N/N=C/c1ccc(N(C)C)cc1. The predicted molar refractivity (Wildman–Crippen MR) is 99.6 cm³/mol. The summed E-state index contributed by atoms with van der Waals surface area (Å²) < 4.78 is 10.8. The lowest BCUT2D eigenvalue weighted by Crippen LogP contribution is -2.33. The number of amides is 1. The summed E-state index contributed by atoms with van der Waals surface area (Å²) in [6.07, 6.45) is 0.886. The van der Waals surface area contributed by atoms with Crippen LogP contribution in [0.4, 0.5) is 5.69 Å². The van der Waals surface area contributed by atoms with Crippen molar-refractivity contribution in [1.29, 1.82) is 0 Å². The minimum absolute atomic E-state index is 0.341. The summed E-state index contributed by atoms with van der Waals surface area (Å²) in [4.78, 5) is 14.1. The first-order valence-corrected chi connectivity index (χ1v) is 7.91. The summed E-state index contributed by atoms with van der Waals surface area (Å²) >= 11 is 0. The molecule has 1 amide bonds. The second kappa shape index (κ2) is 8.73. The fourth-order valence-corrected chi connectivity index (χ4v) is 2.08. The lowest BCUT2D eigenvalue weighted by molar-refractivity contribution is -0.127. The van der Waals surface area contributed by atoms with Crippen LogP contribution in [-0.4, -0.2) is 39.4 Å². The average molecular weight is 341 g/mol. The molecule has 0 saturated heterocycles. The van der Waals surface area contributed by atoms with Crippen LogP contribution < -0.4 is 19.8 Å². The van der Waals surface area contributed by atoms with Gasteiger partial charge in [0.05, 0.1) is 13.3 Å².